The Kier molecular flexibility index (Phi) is 2.88. The molecule has 0 aliphatic rings. The van der Waals surface area contributed by atoms with Gasteiger partial charge in [-0.2, -0.15) is 5.10 Å². The van der Waals surface area contributed by atoms with E-state index in [1.54, 1.807) is 30.1 Å². The number of halogens is 1. The summed E-state index contributed by atoms with van der Waals surface area (Å²) >= 11 is 4.71. The third-order valence-corrected chi connectivity index (χ3v) is 3.48. The molecule has 0 saturated heterocycles. The Labute approximate surface area is 99.0 Å². The van der Waals surface area contributed by atoms with Gasteiger partial charge in [0.15, 0.2) is 0 Å². The number of hydrogen-bond donors (Lipinski definition) is 1. The number of nitrogens with one attached hydrogen (secondary N) is 1. The second-order valence-electron chi connectivity index (χ2n) is 2.90. The summed E-state index contributed by atoms with van der Waals surface area (Å²) in [7, 11) is 1.78. The minimum Gasteiger partial charge on any atom is -0.306 e. The fourth-order valence-electron chi connectivity index (χ4n) is 1.11. The number of aromatic nitrogens is 2. The molecular weight excluding hydrogens is 278 g/mol. The molecule has 0 spiro atoms. The number of aryl methyl sites for hydroxylation is 1. The van der Waals surface area contributed by atoms with Gasteiger partial charge in [-0.15, -0.1) is 11.3 Å². The molecule has 0 saturated carbocycles. The number of rotatable bonds is 2. The molecule has 0 aromatic carbocycles. The van der Waals surface area contributed by atoms with Crippen molar-refractivity contribution in [3.63, 3.8) is 0 Å². The van der Waals surface area contributed by atoms with Crippen LogP contribution in [0, 0.1) is 0 Å². The predicted octanol–water partition coefficient (Wildman–Crippen LogP) is 2.50. The first-order chi connectivity index (χ1) is 7.16. The van der Waals surface area contributed by atoms with Gasteiger partial charge in [0.05, 0.1) is 14.9 Å². The highest BCUT2D eigenvalue weighted by atomic mass is 79.9. The average Bonchev–Trinajstić information content (AvgIpc) is 2.77. The van der Waals surface area contributed by atoms with Crippen LogP contribution in [0.5, 0.6) is 0 Å². The summed E-state index contributed by atoms with van der Waals surface area (Å²) in [5.74, 6) is 0.568. The Bertz CT molecular complexity index is 491. The van der Waals surface area contributed by atoms with E-state index in [9.17, 15) is 4.79 Å². The SMILES string of the molecule is Cn1nccc1NC(=O)c1ccc(Br)s1. The van der Waals surface area contributed by atoms with Gasteiger partial charge in [-0.25, -0.2) is 0 Å². The molecule has 15 heavy (non-hydrogen) atoms. The van der Waals surface area contributed by atoms with Gasteiger partial charge < -0.3 is 5.32 Å². The van der Waals surface area contributed by atoms with Gasteiger partial charge in [-0.1, -0.05) is 0 Å². The fraction of sp³-hybridized carbons (Fsp3) is 0.111. The smallest absolute Gasteiger partial charge is 0.266 e. The van der Waals surface area contributed by atoms with Crippen LogP contribution in [0.2, 0.25) is 0 Å². The summed E-state index contributed by atoms with van der Waals surface area (Å²) in [4.78, 5) is 12.4. The second kappa shape index (κ2) is 4.16. The number of nitrogens with zero attached hydrogens (tertiary/aromatic N) is 2. The van der Waals surface area contributed by atoms with E-state index in [1.807, 2.05) is 6.07 Å². The standard InChI is InChI=1S/C9H8BrN3OS/c1-13-8(4-5-11-13)12-9(14)6-2-3-7(10)15-6/h2-5H,1H3,(H,12,14). The lowest BCUT2D eigenvalue weighted by Gasteiger charge is -2.02. The Morgan fingerprint density at radius 2 is 2.33 bits per heavy atom. The molecule has 2 aromatic heterocycles. The summed E-state index contributed by atoms with van der Waals surface area (Å²) in [6.45, 7) is 0. The molecule has 0 aliphatic carbocycles. The average molecular weight is 286 g/mol. The van der Waals surface area contributed by atoms with Gasteiger partial charge in [-0.05, 0) is 28.1 Å². The lowest BCUT2D eigenvalue weighted by atomic mass is 10.4. The van der Waals surface area contributed by atoms with Crippen molar-refractivity contribution in [1.82, 2.24) is 9.78 Å². The fourth-order valence-corrected chi connectivity index (χ4v) is 2.39. The number of anilines is 1. The van der Waals surface area contributed by atoms with Crippen molar-refractivity contribution in [2.45, 2.75) is 0 Å². The van der Waals surface area contributed by atoms with Crippen LogP contribution in [0.25, 0.3) is 0 Å². The Balaban J connectivity index is 2.14. The quantitative estimate of drug-likeness (QED) is 0.922. The van der Waals surface area contributed by atoms with E-state index < -0.39 is 0 Å². The van der Waals surface area contributed by atoms with E-state index in [1.165, 1.54) is 11.3 Å². The third-order valence-electron chi connectivity index (χ3n) is 1.86. The van der Waals surface area contributed by atoms with Crippen molar-refractivity contribution in [1.29, 1.82) is 0 Å². The van der Waals surface area contributed by atoms with Gasteiger partial charge in [0, 0.05) is 13.1 Å². The molecule has 4 nitrogen and oxygen atoms in total. The van der Waals surface area contributed by atoms with Crippen LogP contribution in [-0.4, -0.2) is 15.7 Å². The predicted molar refractivity (Wildman–Crippen MR) is 63.2 cm³/mol. The maximum atomic E-state index is 11.7. The normalized spacial score (nSPS) is 10.3. The maximum Gasteiger partial charge on any atom is 0.266 e. The molecular formula is C9H8BrN3OS. The first-order valence-corrected chi connectivity index (χ1v) is 5.82. The van der Waals surface area contributed by atoms with Crippen LogP contribution in [0.3, 0.4) is 0 Å². The zero-order valence-corrected chi connectivity index (χ0v) is 10.3. The van der Waals surface area contributed by atoms with E-state index in [-0.39, 0.29) is 5.91 Å². The molecule has 0 unspecified atom stereocenters. The minimum absolute atomic E-state index is 0.116. The van der Waals surface area contributed by atoms with Gasteiger partial charge in [-0.3, -0.25) is 9.48 Å². The molecule has 2 rings (SSSR count). The molecule has 6 heteroatoms. The maximum absolute atomic E-state index is 11.7. The van der Waals surface area contributed by atoms with Crippen molar-refractivity contribution >= 4 is 39.0 Å². The lowest BCUT2D eigenvalue weighted by Crippen LogP contribution is -2.13. The number of amides is 1. The first-order valence-electron chi connectivity index (χ1n) is 4.21. The summed E-state index contributed by atoms with van der Waals surface area (Å²) in [5, 5.41) is 6.74. The highest BCUT2D eigenvalue weighted by Crippen LogP contribution is 2.22. The highest BCUT2D eigenvalue weighted by molar-refractivity contribution is 9.11. The summed E-state index contributed by atoms with van der Waals surface area (Å²) < 4.78 is 2.55. The number of thiophene rings is 1. The molecule has 0 atom stereocenters. The van der Waals surface area contributed by atoms with E-state index in [2.05, 4.69) is 26.3 Å². The Morgan fingerprint density at radius 1 is 1.53 bits per heavy atom. The second-order valence-corrected chi connectivity index (χ2v) is 5.36. The zero-order chi connectivity index (χ0) is 10.8. The molecule has 0 radical (unpaired) electrons. The third kappa shape index (κ3) is 2.27. The summed E-state index contributed by atoms with van der Waals surface area (Å²) in [6.07, 6.45) is 1.64. The summed E-state index contributed by atoms with van der Waals surface area (Å²) in [6, 6.07) is 5.38. The van der Waals surface area contributed by atoms with Crippen molar-refractivity contribution in [3.8, 4) is 0 Å². The van der Waals surface area contributed by atoms with Crippen molar-refractivity contribution < 1.29 is 4.79 Å². The van der Waals surface area contributed by atoms with Crippen LogP contribution in [0.4, 0.5) is 5.82 Å². The van der Waals surface area contributed by atoms with Crippen molar-refractivity contribution in [2.75, 3.05) is 5.32 Å². The van der Waals surface area contributed by atoms with E-state index in [0.717, 1.165) is 3.79 Å². The molecule has 1 amide bonds. The van der Waals surface area contributed by atoms with E-state index in [0.29, 0.717) is 10.7 Å². The molecule has 2 heterocycles. The number of carbonyl (C=O) groups is 1. The molecule has 0 fully saturated rings. The minimum atomic E-state index is -0.116. The van der Waals surface area contributed by atoms with E-state index >= 15 is 0 Å². The topological polar surface area (TPSA) is 46.9 Å². The summed E-state index contributed by atoms with van der Waals surface area (Å²) in [5.41, 5.74) is 0. The molecule has 2 aromatic rings. The Hall–Kier alpha value is -1.14. The van der Waals surface area contributed by atoms with Crippen molar-refractivity contribution in [2.24, 2.45) is 7.05 Å². The molecule has 0 bridgehead atoms. The monoisotopic (exact) mass is 285 g/mol. The van der Waals surface area contributed by atoms with Crippen LogP contribution >= 0.6 is 27.3 Å². The Morgan fingerprint density at radius 3 is 2.87 bits per heavy atom. The largest absolute Gasteiger partial charge is 0.306 e. The van der Waals surface area contributed by atoms with Crippen LogP contribution in [0.15, 0.2) is 28.2 Å². The van der Waals surface area contributed by atoms with Gasteiger partial charge in [0.1, 0.15) is 5.82 Å². The first kappa shape index (κ1) is 10.4. The molecule has 1 N–H and O–H groups in total. The van der Waals surface area contributed by atoms with Crippen LogP contribution in [-0.2, 0) is 7.05 Å². The van der Waals surface area contributed by atoms with Gasteiger partial charge in [0.2, 0.25) is 0 Å². The van der Waals surface area contributed by atoms with Gasteiger partial charge >= 0.3 is 0 Å². The lowest BCUT2D eigenvalue weighted by molar-refractivity contribution is 0.102. The van der Waals surface area contributed by atoms with Crippen molar-refractivity contribution in [3.05, 3.63) is 33.1 Å². The molecule has 78 valence electrons. The van der Waals surface area contributed by atoms with Gasteiger partial charge in [0.25, 0.3) is 5.91 Å². The van der Waals surface area contributed by atoms with Crippen LogP contribution in [0.1, 0.15) is 9.67 Å². The van der Waals surface area contributed by atoms with E-state index in [4.69, 9.17) is 0 Å². The number of carbonyl (C=O) groups excluding carboxylic acids is 1. The highest BCUT2D eigenvalue weighted by Gasteiger charge is 2.09. The molecule has 0 aliphatic heterocycles. The zero-order valence-electron chi connectivity index (χ0n) is 7.90. The number of hydrogen-bond acceptors (Lipinski definition) is 3. The van der Waals surface area contributed by atoms with Crippen LogP contribution < -0.4 is 5.32 Å².